The first kappa shape index (κ1) is 18.7. The lowest BCUT2D eigenvalue weighted by Crippen LogP contribution is -3.12. The van der Waals surface area contributed by atoms with Gasteiger partial charge in [-0.25, -0.2) is 0 Å². The molecule has 3 aromatic rings. The Morgan fingerprint density at radius 2 is 1.89 bits per heavy atom. The average Bonchev–Trinajstić information content (AvgIpc) is 3.28. The van der Waals surface area contributed by atoms with Gasteiger partial charge in [0.25, 0.3) is 5.91 Å². The highest BCUT2D eigenvalue weighted by Gasteiger charge is 2.29. The van der Waals surface area contributed by atoms with Gasteiger partial charge in [-0.1, -0.05) is 42.5 Å². The lowest BCUT2D eigenvalue weighted by Gasteiger charge is -2.32. The number of carbonyl (C=O) groups excluding carboxylic acids is 1. The van der Waals surface area contributed by atoms with Crippen molar-refractivity contribution in [2.75, 3.05) is 20.2 Å². The maximum atomic E-state index is 12.8. The van der Waals surface area contributed by atoms with E-state index in [4.69, 9.17) is 4.74 Å². The van der Waals surface area contributed by atoms with Crippen molar-refractivity contribution in [1.82, 2.24) is 5.32 Å². The van der Waals surface area contributed by atoms with Crippen molar-refractivity contribution >= 4 is 17.2 Å². The number of fused-ring (bicyclic) bond motifs is 1. The summed E-state index contributed by atoms with van der Waals surface area (Å²) in [5.41, 5.74) is 3.45. The molecule has 2 N–H and O–H groups in total. The zero-order valence-corrected chi connectivity index (χ0v) is 16.8. The molecule has 2 atom stereocenters. The van der Waals surface area contributed by atoms with Gasteiger partial charge < -0.3 is 15.0 Å². The minimum Gasteiger partial charge on any atom is -0.496 e. The molecule has 1 aliphatic rings. The minimum atomic E-state index is -0.0872. The normalized spacial score (nSPS) is 16.8. The summed E-state index contributed by atoms with van der Waals surface area (Å²) in [6, 6.07) is 20.6. The number of carbonyl (C=O) groups is 1. The number of quaternary nitrogens is 1. The molecule has 0 aliphatic carbocycles. The molecule has 0 saturated heterocycles. The number of para-hydroxylation sites is 1. The minimum absolute atomic E-state index is 0.0872. The van der Waals surface area contributed by atoms with Crippen molar-refractivity contribution in [3.05, 3.63) is 87.6 Å². The van der Waals surface area contributed by atoms with E-state index in [2.05, 4.69) is 47.1 Å². The van der Waals surface area contributed by atoms with Gasteiger partial charge in [-0.05, 0) is 29.1 Å². The number of rotatable bonds is 6. The third kappa shape index (κ3) is 3.96. The Hall–Kier alpha value is -2.63. The molecule has 0 radical (unpaired) electrons. The van der Waals surface area contributed by atoms with Crippen LogP contribution < -0.4 is 15.0 Å². The first-order valence-electron chi connectivity index (χ1n) is 9.62. The Morgan fingerprint density at radius 1 is 1.11 bits per heavy atom. The quantitative estimate of drug-likeness (QED) is 0.676. The maximum Gasteiger partial charge on any atom is 0.255 e. The molecule has 0 bridgehead atoms. The molecule has 28 heavy (non-hydrogen) atoms. The molecule has 0 fully saturated rings. The Labute approximate surface area is 169 Å². The highest BCUT2D eigenvalue weighted by molar-refractivity contribution is 7.10. The van der Waals surface area contributed by atoms with Gasteiger partial charge in [-0.3, -0.25) is 4.79 Å². The zero-order chi connectivity index (χ0) is 19.3. The fraction of sp³-hybridized carbons (Fsp3) is 0.261. The topological polar surface area (TPSA) is 42.8 Å². The van der Waals surface area contributed by atoms with Gasteiger partial charge in [0.15, 0.2) is 0 Å². The summed E-state index contributed by atoms with van der Waals surface area (Å²) >= 11 is 1.76. The van der Waals surface area contributed by atoms with Crippen LogP contribution in [0, 0.1) is 0 Å². The third-order valence-electron chi connectivity index (χ3n) is 5.45. The van der Waals surface area contributed by atoms with E-state index in [1.54, 1.807) is 24.5 Å². The van der Waals surface area contributed by atoms with E-state index in [1.807, 2.05) is 18.2 Å². The van der Waals surface area contributed by atoms with Gasteiger partial charge in [0.1, 0.15) is 18.3 Å². The van der Waals surface area contributed by atoms with Crippen molar-refractivity contribution in [2.45, 2.75) is 19.0 Å². The Morgan fingerprint density at radius 3 is 2.68 bits per heavy atom. The molecule has 1 aromatic heterocycles. The number of nitrogens with one attached hydrogen (secondary N) is 2. The van der Waals surface area contributed by atoms with Gasteiger partial charge in [0.05, 0.1) is 30.6 Å². The molecule has 144 valence electrons. The Kier molecular flexibility index (Phi) is 5.74. The fourth-order valence-corrected chi connectivity index (χ4v) is 4.84. The second-order valence-electron chi connectivity index (χ2n) is 7.08. The molecule has 1 unspecified atom stereocenters. The SMILES string of the molecule is COc1ccccc1C(=O)NC[C@H](c1cccs1)[NH+]1CCc2ccccc2C1. The van der Waals surface area contributed by atoms with Crippen LogP contribution in [0.1, 0.15) is 32.4 Å². The van der Waals surface area contributed by atoms with Crippen LogP contribution in [0.3, 0.4) is 0 Å². The molecule has 5 heteroatoms. The monoisotopic (exact) mass is 393 g/mol. The summed E-state index contributed by atoms with van der Waals surface area (Å²) in [5, 5.41) is 5.26. The fourth-order valence-electron chi connectivity index (χ4n) is 3.96. The van der Waals surface area contributed by atoms with E-state index in [0.717, 1.165) is 19.5 Å². The highest BCUT2D eigenvalue weighted by Crippen LogP contribution is 2.20. The molecule has 1 aliphatic heterocycles. The lowest BCUT2D eigenvalue weighted by molar-refractivity contribution is -0.945. The van der Waals surface area contributed by atoms with Gasteiger partial charge in [0.2, 0.25) is 0 Å². The zero-order valence-electron chi connectivity index (χ0n) is 16.0. The molecule has 0 spiro atoms. The Bertz CT molecular complexity index is 939. The maximum absolute atomic E-state index is 12.8. The molecule has 1 amide bonds. The number of hydrogen-bond acceptors (Lipinski definition) is 3. The van der Waals surface area contributed by atoms with Crippen molar-refractivity contribution in [2.24, 2.45) is 0 Å². The van der Waals surface area contributed by atoms with Crippen LogP contribution in [0.15, 0.2) is 66.0 Å². The van der Waals surface area contributed by atoms with Gasteiger partial charge >= 0.3 is 0 Å². The van der Waals surface area contributed by atoms with E-state index in [-0.39, 0.29) is 11.9 Å². The van der Waals surface area contributed by atoms with Crippen LogP contribution >= 0.6 is 11.3 Å². The van der Waals surface area contributed by atoms with Crippen LogP contribution in [-0.2, 0) is 13.0 Å². The second kappa shape index (κ2) is 8.59. The summed E-state index contributed by atoms with van der Waals surface area (Å²) < 4.78 is 5.34. The molecule has 4 nitrogen and oxygen atoms in total. The predicted molar refractivity (Wildman–Crippen MR) is 112 cm³/mol. The lowest BCUT2D eigenvalue weighted by atomic mass is 9.98. The van der Waals surface area contributed by atoms with E-state index in [1.165, 1.54) is 20.9 Å². The van der Waals surface area contributed by atoms with Crippen LogP contribution in [0.25, 0.3) is 0 Å². The number of benzene rings is 2. The molecule has 2 heterocycles. The summed E-state index contributed by atoms with van der Waals surface area (Å²) in [5.74, 6) is 0.516. The summed E-state index contributed by atoms with van der Waals surface area (Å²) in [4.78, 5) is 15.6. The van der Waals surface area contributed by atoms with Crippen LogP contribution in [0.5, 0.6) is 5.75 Å². The van der Waals surface area contributed by atoms with Crippen LogP contribution in [-0.4, -0.2) is 26.1 Å². The number of hydrogen-bond donors (Lipinski definition) is 2. The molecular formula is C23H25N2O2S+. The summed E-state index contributed by atoms with van der Waals surface area (Å²) in [6.07, 6.45) is 1.08. The van der Waals surface area contributed by atoms with Gasteiger partial charge in [-0.15, -0.1) is 11.3 Å². The van der Waals surface area contributed by atoms with E-state index < -0.39 is 0 Å². The van der Waals surface area contributed by atoms with E-state index in [0.29, 0.717) is 17.9 Å². The smallest absolute Gasteiger partial charge is 0.255 e. The summed E-state index contributed by atoms with van der Waals surface area (Å²) in [7, 11) is 1.59. The van der Waals surface area contributed by atoms with Crippen LogP contribution in [0.4, 0.5) is 0 Å². The average molecular weight is 394 g/mol. The van der Waals surface area contributed by atoms with Crippen molar-refractivity contribution in [3.8, 4) is 5.75 Å². The van der Waals surface area contributed by atoms with Crippen molar-refractivity contribution < 1.29 is 14.4 Å². The second-order valence-corrected chi connectivity index (χ2v) is 8.06. The highest BCUT2D eigenvalue weighted by atomic mass is 32.1. The number of amides is 1. The number of thiophene rings is 1. The number of methoxy groups -OCH3 is 1. The third-order valence-corrected chi connectivity index (χ3v) is 6.44. The molecule has 2 aromatic carbocycles. The standard InChI is InChI=1S/C23H24N2O2S/c1-27-21-10-5-4-9-19(21)23(26)24-15-20(22-11-6-14-28-22)25-13-12-17-7-2-3-8-18(17)16-25/h2-11,14,20H,12-13,15-16H2,1H3,(H,24,26)/p+1/t20-/m1/s1. The Balaban J connectivity index is 1.51. The van der Waals surface area contributed by atoms with Crippen LogP contribution in [0.2, 0.25) is 0 Å². The first-order chi connectivity index (χ1) is 13.8. The largest absolute Gasteiger partial charge is 0.496 e. The molecule has 4 rings (SSSR count). The van der Waals surface area contributed by atoms with E-state index >= 15 is 0 Å². The first-order valence-corrected chi connectivity index (χ1v) is 10.5. The van der Waals surface area contributed by atoms with Gasteiger partial charge in [0, 0.05) is 12.0 Å². The number of ether oxygens (including phenoxy) is 1. The van der Waals surface area contributed by atoms with Gasteiger partial charge in [-0.2, -0.15) is 0 Å². The molecule has 0 saturated carbocycles. The van der Waals surface area contributed by atoms with E-state index in [9.17, 15) is 4.79 Å². The summed E-state index contributed by atoms with van der Waals surface area (Å²) in [6.45, 7) is 2.67. The van der Waals surface area contributed by atoms with Crippen molar-refractivity contribution in [1.29, 1.82) is 0 Å². The van der Waals surface area contributed by atoms with Crippen molar-refractivity contribution in [3.63, 3.8) is 0 Å². The predicted octanol–water partition coefficient (Wildman–Crippen LogP) is 2.87. The molecular weight excluding hydrogens is 368 g/mol.